The Morgan fingerprint density at radius 1 is 1.38 bits per heavy atom. The zero-order valence-corrected chi connectivity index (χ0v) is 10.9. The van der Waals surface area contributed by atoms with Crippen molar-refractivity contribution in [3.8, 4) is 0 Å². The summed E-state index contributed by atoms with van der Waals surface area (Å²) in [6, 6.07) is 0.834. The first kappa shape index (κ1) is 13.5. The van der Waals surface area contributed by atoms with Gasteiger partial charge in [-0.3, -0.25) is 4.79 Å². The third-order valence-electron chi connectivity index (χ3n) is 2.83. The second-order valence-electron chi connectivity index (χ2n) is 5.34. The van der Waals surface area contributed by atoms with E-state index in [1.54, 1.807) is 0 Å². The van der Waals surface area contributed by atoms with Gasteiger partial charge in [0.15, 0.2) is 0 Å². The molecule has 16 heavy (non-hydrogen) atoms. The van der Waals surface area contributed by atoms with Gasteiger partial charge >= 0.3 is 0 Å². The van der Waals surface area contributed by atoms with Gasteiger partial charge in [0.05, 0.1) is 6.54 Å². The van der Waals surface area contributed by atoms with Crippen molar-refractivity contribution >= 4 is 5.91 Å². The third kappa shape index (κ3) is 5.47. The van der Waals surface area contributed by atoms with Crippen molar-refractivity contribution in [3.05, 3.63) is 0 Å². The summed E-state index contributed by atoms with van der Waals surface area (Å²) in [5.41, 5.74) is 0. The highest BCUT2D eigenvalue weighted by Gasteiger charge is 2.23. The summed E-state index contributed by atoms with van der Waals surface area (Å²) in [7, 11) is 4.11. The van der Waals surface area contributed by atoms with Crippen molar-refractivity contribution in [2.75, 3.05) is 27.2 Å². The summed E-state index contributed by atoms with van der Waals surface area (Å²) in [5, 5.41) is 6.32. The first-order valence-corrected chi connectivity index (χ1v) is 6.16. The molecular weight excluding hydrogens is 202 g/mol. The smallest absolute Gasteiger partial charge is 0.234 e. The predicted octanol–water partition coefficient (Wildman–Crippen LogP) is 0.441. The maximum Gasteiger partial charge on any atom is 0.234 e. The average molecular weight is 227 g/mol. The highest BCUT2D eigenvalue weighted by atomic mass is 16.2. The molecule has 1 unspecified atom stereocenters. The van der Waals surface area contributed by atoms with Crippen LogP contribution in [0.5, 0.6) is 0 Å². The van der Waals surface area contributed by atoms with E-state index < -0.39 is 0 Å². The van der Waals surface area contributed by atoms with Crippen LogP contribution >= 0.6 is 0 Å². The van der Waals surface area contributed by atoms with E-state index in [4.69, 9.17) is 0 Å². The van der Waals surface area contributed by atoms with Crippen molar-refractivity contribution in [1.82, 2.24) is 15.5 Å². The van der Waals surface area contributed by atoms with Crippen molar-refractivity contribution in [1.29, 1.82) is 0 Å². The fraction of sp³-hybridized carbons (Fsp3) is 0.917. The maximum absolute atomic E-state index is 11.5. The Morgan fingerprint density at radius 3 is 2.44 bits per heavy atom. The molecule has 0 aromatic heterocycles. The number of nitrogens with one attached hydrogen (secondary N) is 2. The lowest BCUT2D eigenvalue weighted by molar-refractivity contribution is -0.120. The van der Waals surface area contributed by atoms with E-state index in [2.05, 4.69) is 43.5 Å². The quantitative estimate of drug-likeness (QED) is 0.663. The van der Waals surface area contributed by atoms with Crippen LogP contribution in [0.25, 0.3) is 0 Å². The maximum atomic E-state index is 11.5. The molecule has 2 N–H and O–H groups in total. The molecule has 0 bridgehead atoms. The van der Waals surface area contributed by atoms with Gasteiger partial charge in [-0.25, -0.2) is 0 Å². The number of rotatable bonds is 7. The van der Waals surface area contributed by atoms with E-state index in [0.29, 0.717) is 24.5 Å². The van der Waals surface area contributed by atoms with E-state index in [1.165, 1.54) is 0 Å². The second kappa shape index (κ2) is 6.21. The molecule has 0 aliphatic heterocycles. The summed E-state index contributed by atoms with van der Waals surface area (Å²) in [6.07, 6.45) is 2.30. The molecule has 1 aliphatic rings. The number of amides is 1. The van der Waals surface area contributed by atoms with Gasteiger partial charge in [-0.15, -0.1) is 0 Å². The number of nitrogens with zero attached hydrogens (tertiary/aromatic N) is 1. The van der Waals surface area contributed by atoms with Gasteiger partial charge in [-0.05, 0) is 32.9 Å². The van der Waals surface area contributed by atoms with Crippen LogP contribution in [0.3, 0.4) is 0 Å². The van der Waals surface area contributed by atoms with Gasteiger partial charge in [0, 0.05) is 18.6 Å². The van der Waals surface area contributed by atoms with E-state index in [9.17, 15) is 4.79 Å². The number of carbonyl (C=O) groups is 1. The van der Waals surface area contributed by atoms with Gasteiger partial charge in [0.1, 0.15) is 0 Å². The molecule has 1 rings (SSSR count). The van der Waals surface area contributed by atoms with Crippen LogP contribution in [0, 0.1) is 5.92 Å². The molecule has 1 fully saturated rings. The molecule has 0 saturated heterocycles. The van der Waals surface area contributed by atoms with Crippen LogP contribution in [0.1, 0.15) is 26.7 Å². The van der Waals surface area contributed by atoms with E-state index in [-0.39, 0.29) is 5.91 Å². The van der Waals surface area contributed by atoms with Crippen LogP contribution in [-0.4, -0.2) is 50.1 Å². The predicted molar refractivity (Wildman–Crippen MR) is 66.3 cm³/mol. The number of likely N-dealkylation sites (N-methyl/N-ethyl adjacent to an activating group) is 1. The van der Waals surface area contributed by atoms with Crippen molar-refractivity contribution in [3.63, 3.8) is 0 Å². The van der Waals surface area contributed by atoms with Crippen LogP contribution in [0.4, 0.5) is 0 Å². The largest absolute Gasteiger partial charge is 0.352 e. The van der Waals surface area contributed by atoms with Crippen molar-refractivity contribution in [2.45, 2.75) is 38.8 Å². The highest BCUT2D eigenvalue weighted by molar-refractivity contribution is 5.78. The fourth-order valence-electron chi connectivity index (χ4n) is 1.63. The number of hydrogen-bond acceptors (Lipinski definition) is 3. The molecule has 0 heterocycles. The minimum atomic E-state index is 0.131. The van der Waals surface area contributed by atoms with Gasteiger partial charge < -0.3 is 15.5 Å². The fourth-order valence-corrected chi connectivity index (χ4v) is 1.63. The summed E-state index contributed by atoms with van der Waals surface area (Å²) >= 11 is 0. The Labute approximate surface area is 98.8 Å². The molecule has 4 heteroatoms. The number of carbonyl (C=O) groups excluding carboxylic acids is 1. The second-order valence-corrected chi connectivity index (χ2v) is 5.34. The topological polar surface area (TPSA) is 44.4 Å². The van der Waals surface area contributed by atoms with Crippen LogP contribution in [0.15, 0.2) is 0 Å². The Morgan fingerprint density at radius 2 is 2.00 bits per heavy atom. The van der Waals surface area contributed by atoms with Gasteiger partial charge in [0.2, 0.25) is 5.91 Å². The molecule has 1 saturated carbocycles. The third-order valence-corrected chi connectivity index (χ3v) is 2.83. The van der Waals surface area contributed by atoms with E-state index in [1.807, 2.05) is 0 Å². The Kier molecular flexibility index (Phi) is 5.22. The lowest BCUT2D eigenvalue weighted by Crippen LogP contribution is -2.46. The molecular formula is C12H25N3O. The minimum absolute atomic E-state index is 0.131. The summed E-state index contributed by atoms with van der Waals surface area (Å²) in [6.45, 7) is 5.77. The Hall–Kier alpha value is -0.610. The summed E-state index contributed by atoms with van der Waals surface area (Å²) in [4.78, 5) is 13.7. The lowest BCUT2D eigenvalue weighted by Gasteiger charge is -2.25. The van der Waals surface area contributed by atoms with Gasteiger partial charge in [-0.2, -0.15) is 0 Å². The summed E-state index contributed by atoms with van der Waals surface area (Å²) < 4.78 is 0. The van der Waals surface area contributed by atoms with Crippen molar-refractivity contribution in [2.24, 2.45) is 5.92 Å². The summed E-state index contributed by atoms with van der Waals surface area (Å²) in [5.74, 6) is 0.669. The highest BCUT2D eigenvalue weighted by Crippen LogP contribution is 2.18. The minimum Gasteiger partial charge on any atom is -0.352 e. The van der Waals surface area contributed by atoms with Crippen LogP contribution < -0.4 is 10.6 Å². The average Bonchev–Trinajstić information content (AvgIpc) is 2.95. The van der Waals surface area contributed by atoms with Crippen LogP contribution in [-0.2, 0) is 4.79 Å². The standard InChI is InChI=1S/C12H25N3O/c1-9(2)11(8-15(3)4)13-7-12(16)14-10-5-6-10/h9-11,13H,5-8H2,1-4H3,(H,14,16). The molecule has 0 aromatic rings. The van der Waals surface area contributed by atoms with Gasteiger partial charge in [0.25, 0.3) is 0 Å². The normalized spacial score (nSPS) is 17.9. The molecule has 94 valence electrons. The Balaban J connectivity index is 2.22. The molecule has 0 spiro atoms. The molecule has 4 nitrogen and oxygen atoms in total. The SMILES string of the molecule is CC(C)C(CN(C)C)NCC(=O)NC1CC1. The van der Waals surface area contributed by atoms with E-state index >= 15 is 0 Å². The first-order valence-electron chi connectivity index (χ1n) is 6.16. The Bertz CT molecular complexity index is 224. The molecule has 1 amide bonds. The van der Waals surface area contributed by atoms with Gasteiger partial charge in [-0.1, -0.05) is 13.8 Å². The number of hydrogen-bond donors (Lipinski definition) is 2. The molecule has 0 aromatic carbocycles. The monoisotopic (exact) mass is 227 g/mol. The van der Waals surface area contributed by atoms with E-state index in [0.717, 1.165) is 19.4 Å². The molecule has 1 aliphatic carbocycles. The molecule has 1 atom stereocenters. The molecule has 0 radical (unpaired) electrons. The van der Waals surface area contributed by atoms with Crippen LogP contribution in [0.2, 0.25) is 0 Å². The lowest BCUT2D eigenvalue weighted by atomic mass is 10.0. The zero-order valence-electron chi connectivity index (χ0n) is 10.9. The zero-order chi connectivity index (χ0) is 12.1. The van der Waals surface area contributed by atoms with Crippen molar-refractivity contribution < 1.29 is 4.79 Å². The first-order chi connectivity index (χ1) is 7.49.